The molecule has 1 amide bonds. The third-order valence-corrected chi connectivity index (χ3v) is 4.01. The molecule has 2 N–H and O–H groups in total. The molecule has 4 heteroatoms. The number of nitrogens with two attached hydrogens (primary N) is 1. The van der Waals surface area contributed by atoms with Gasteiger partial charge in [0.1, 0.15) is 0 Å². The number of rotatable bonds is 3. The van der Waals surface area contributed by atoms with Crippen LogP contribution in [0, 0.1) is 0 Å². The minimum atomic E-state index is -0.124. The van der Waals surface area contributed by atoms with Gasteiger partial charge in [-0.25, -0.2) is 0 Å². The van der Waals surface area contributed by atoms with E-state index in [9.17, 15) is 4.79 Å². The maximum atomic E-state index is 13.1. The number of carbonyl (C=O) groups is 1. The normalized spacial score (nSPS) is 10.3. The van der Waals surface area contributed by atoms with Crippen molar-refractivity contribution < 1.29 is 4.79 Å². The van der Waals surface area contributed by atoms with Gasteiger partial charge in [-0.3, -0.25) is 9.69 Å². The topological polar surface area (TPSA) is 46.3 Å². The van der Waals surface area contributed by atoms with Gasteiger partial charge in [0.25, 0.3) is 5.91 Å². The Morgan fingerprint density at radius 1 is 0.826 bits per heavy atom. The molecular formula is C19H15BrN2O. The number of carbonyl (C=O) groups excluding carboxylic acids is 1. The standard InChI is InChI=1S/C19H15BrN2O/c20-15-12-10-14(11-13-15)19(23)22(16-6-2-1-3-7-16)18-9-5-4-8-17(18)21/h1-13H,21H2. The van der Waals surface area contributed by atoms with Crippen LogP contribution in [0.4, 0.5) is 17.1 Å². The van der Waals surface area contributed by atoms with Crippen molar-refractivity contribution >= 4 is 38.9 Å². The molecule has 0 aromatic heterocycles. The average Bonchev–Trinajstić information content (AvgIpc) is 2.58. The van der Waals surface area contributed by atoms with Gasteiger partial charge in [-0.2, -0.15) is 0 Å². The highest BCUT2D eigenvalue weighted by Gasteiger charge is 2.21. The van der Waals surface area contributed by atoms with Crippen molar-refractivity contribution in [3.05, 3.63) is 88.9 Å². The van der Waals surface area contributed by atoms with E-state index in [1.54, 1.807) is 23.1 Å². The van der Waals surface area contributed by atoms with Crippen molar-refractivity contribution in [2.45, 2.75) is 0 Å². The maximum absolute atomic E-state index is 13.1. The van der Waals surface area contributed by atoms with Crippen molar-refractivity contribution in [3.63, 3.8) is 0 Å². The number of para-hydroxylation sites is 3. The molecule has 0 radical (unpaired) electrons. The number of nitrogen functional groups attached to an aromatic ring is 1. The van der Waals surface area contributed by atoms with Gasteiger partial charge in [-0.05, 0) is 48.5 Å². The summed E-state index contributed by atoms with van der Waals surface area (Å²) in [7, 11) is 0. The summed E-state index contributed by atoms with van der Waals surface area (Å²) in [6.07, 6.45) is 0. The fraction of sp³-hybridized carbons (Fsp3) is 0. The molecule has 3 aromatic rings. The average molecular weight is 367 g/mol. The largest absolute Gasteiger partial charge is 0.397 e. The molecule has 0 saturated carbocycles. The lowest BCUT2D eigenvalue weighted by Gasteiger charge is -2.24. The van der Waals surface area contributed by atoms with Crippen LogP contribution in [0.3, 0.4) is 0 Å². The first-order valence-electron chi connectivity index (χ1n) is 7.16. The minimum Gasteiger partial charge on any atom is -0.397 e. The Morgan fingerprint density at radius 2 is 1.43 bits per heavy atom. The van der Waals surface area contributed by atoms with Crippen LogP contribution >= 0.6 is 15.9 Å². The van der Waals surface area contributed by atoms with Crippen LogP contribution in [0.1, 0.15) is 10.4 Å². The second-order valence-corrected chi connectivity index (χ2v) is 5.96. The van der Waals surface area contributed by atoms with Gasteiger partial charge < -0.3 is 5.73 Å². The van der Waals surface area contributed by atoms with Crippen molar-refractivity contribution in [1.29, 1.82) is 0 Å². The molecule has 0 atom stereocenters. The molecule has 3 rings (SSSR count). The summed E-state index contributed by atoms with van der Waals surface area (Å²) in [4.78, 5) is 14.7. The first-order valence-corrected chi connectivity index (χ1v) is 7.96. The smallest absolute Gasteiger partial charge is 0.262 e. The lowest BCUT2D eigenvalue weighted by atomic mass is 10.1. The second kappa shape index (κ2) is 6.67. The van der Waals surface area contributed by atoms with E-state index in [1.807, 2.05) is 60.7 Å². The summed E-state index contributed by atoms with van der Waals surface area (Å²) in [6, 6.07) is 24.2. The number of benzene rings is 3. The number of anilines is 3. The molecule has 0 bridgehead atoms. The highest BCUT2D eigenvalue weighted by atomic mass is 79.9. The molecular weight excluding hydrogens is 352 g/mol. The summed E-state index contributed by atoms with van der Waals surface area (Å²) in [6.45, 7) is 0. The van der Waals surface area contributed by atoms with Gasteiger partial charge in [0, 0.05) is 15.7 Å². The molecule has 0 saturated heterocycles. The maximum Gasteiger partial charge on any atom is 0.262 e. The number of halogens is 1. The Bertz CT molecular complexity index is 816. The highest BCUT2D eigenvalue weighted by molar-refractivity contribution is 9.10. The van der Waals surface area contributed by atoms with Gasteiger partial charge in [0.2, 0.25) is 0 Å². The van der Waals surface area contributed by atoms with E-state index < -0.39 is 0 Å². The number of nitrogens with zero attached hydrogens (tertiary/aromatic N) is 1. The van der Waals surface area contributed by atoms with Crippen molar-refractivity contribution in [2.75, 3.05) is 10.6 Å². The fourth-order valence-electron chi connectivity index (χ4n) is 2.36. The van der Waals surface area contributed by atoms with Crippen LogP contribution in [0.5, 0.6) is 0 Å². The van der Waals surface area contributed by atoms with Crippen molar-refractivity contribution in [2.24, 2.45) is 0 Å². The quantitative estimate of drug-likeness (QED) is 0.662. The molecule has 23 heavy (non-hydrogen) atoms. The fourth-order valence-corrected chi connectivity index (χ4v) is 2.62. The van der Waals surface area contributed by atoms with Crippen molar-refractivity contribution in [1.82, 2.24) is 0 Å². The molecule has 0 heterocycles. The molecule has 0 aliphatic carbocycles. The molecule has 0 aliphatic rings. The Kier molecular flexibility index (Phi) is 4.44. The van der Waals surface area contributed by atoms with Gasteiger partial charge in [0.15, 0.2) is 0 Å². The summed E-state index contributed by atoms with van der Waals surface area (Å²) in [5.41, 5.74) is 8.70. The predicted octanol–water partition coefficient (Wildman–Crippen LogP) is 5.01. The van der Waals surface area contributed by atoms with E-state index in [0.29, 0.717) is 16.9 Å². The lowest BCUT2D eigenvalue weighted by Crippen LogP contribution is -2.26. The molecule has 0 unspecified atom stereocenters. The molecule has 114 valence electrons. The van der Waals surface area contributed by atoms with Crippen molar-refractivity contribution in [3.8, 4) is 0 Å². The third-order valence-electron chi connectivity index (χ3n) is 3.49. The van der Waals surface area contributed by atoms with Gasteiger partial charge in [-0.15, -0.1) is 0 Å². The Labute approximate surface area is 143 Å². The van der Waals surface area contributed by atoms with Gasteiger partial charge in [0.05, 0.1) is 11.4 Å². The van der Waals surface area contributed by atoms with E-state index in [0.717, 1.165) is 10.2 Å². The van der Waals surface area contributed by atoms with Crippen LogP contribution in [0.15, 0.2) is 83.3 Å². The first-order chi connectivity index (χ1) is 11.2. The first kappa shape index (κ1) is 15.3. The zero-order valence-electron chi connectivity index (χ0n) is 12.3. The zero-order valence-corrected chi connectivity index (χ0v) is 13.9. The summed E-state index contributed by atoms with van der Waals surface area (Å²) >= 11 is 3.39. The van der Waals surface area contributed by atoms with Crippen LogP contribution in [0.25, 0.3) is 0 Å². The molecule has 0 aliphatic heterocycles. The molecule has 0 spiro atoms. The SMILES string of the molecule is Nc1ccccc1N(C(=O)c1ccc(Br)cc1)c1ccccc1. The van der Waals surface area contributed by atoms with E-state index >= 15 is 0 Å². The molecule has 3 aromatic carbocycles. The molecule has 3 nitrogen and oxygen atoms in total. The Hall–Kier alpha value is -2.59. The highest BCUT2D eigenvalue weighted by Crippen LogP contribution is 2.31. The third kappa shape index (κ3) is 3.27. The number of hydrogen-bond acceptors (Lipinski definition) is 2. The minimum absolute atomic E-state index is 0.124. The van der Waals surface area contributed by atoms with E-state index in [4.69, 9.17) is 5.73 Å². The Balaban J connectivity index is 2.11. The van der Waals surface area contributed by atoms with E-state index in [-0.39, 0.29) is 5.91 Å². The van der Waals surface area contributed by atoms with E-state index in [2.05, 4.69) is 15.9 Å². The van der Waals surface area contributed by atoms with Gasteiger partial charge in [-0.1, -0.05) is 46.3 Å². The van der Waals surface area contributed by atoms with Crippen LogP contribution in [-0.4, -0.2) is 5.91 Å². The van der Waals surface area contributed by atoms with Crippen LogP contribution < -0.4 is 10.6 Å². The number of hydrogen-bond donors (Lipinski definition) is 1. The van der Waals surface area contributed by atoms with Crippen LogP contribution in [0.2, 0.25) is 0 Å². The van der Waals surface area contributed by atoms with Crippen LogP contribution in [-0.2, 0) is 0 Å². The predicted molar refractivity (Wildman–Crippen MR) is 97.9 cm³/mol. The lowest BCUT2D eigenvalue weighted by molar-refractivity contribution is 0.0999. The number of amides is 1. The van der Waals surface area contributed by atoms with Gasteiger partial charge >= 0.3 is 0 Å². The van der Waals surface area contributed by atoms with E-state index in [1.165, 1.54) is 0 Å². The zero-order chi connectivity index (χ0) is 16.2. The summed E-state index contributed by atoms with van der Waals surface area (Å²) in [5.74, 6) is -0.124. The summed E-state index contributed by atoms with van der Waals surface area (Å²) in [5, 5.41) is 0. The summed E-state index contributed by atoms with van der Waals surface area (Å²) < 4.78 is 0.930. The molecule has 0 fully saturated rings. The Morgan fingerprint density at radius 3 is 2.09 bits per heavy atom. The second-order valence-electron chi connectivity index (χ2n) is 5.04. The monoisotopic (exact) mass is 366 g/mol.